The molecule has 1 aliphatic carbocycles. The summed E-state index contributed by atoms with van der Waals surface area (Å²) < 4.78 is 0. The van der Waals surface area contributed by atoms with Gasteiger partial charge in [0.15, 0.2) is 0 Å². The smallest absolute Gasteiger partial charge is 0.255 e. The fraction of sp³-hybridized carbons (Fsp3) is 0.409. The average Bonchev–Trinajstić information content (AvgIpc) is 2.69. The van der Waals surface area contributed by atoms with Gasteiger partial charge < -0.3 is 10.0 Å². The van der Waals surface area contributed by atoms with Gasteiger partial charge in [-0.25, -0.2) is 0 Å². The molecule has 1 saturated heterocycles. The van der Waals surface area contributed by atoms with Crippen LogP contribution in [0.25, 0.3) is 0 Å². The van der Waals surface area contributed by atoms with E-state index in [4.69, 9.17) is 11.6 Å². The Morgan fingerprint density at radius 3 is 2.50 bits per heavy atom. The molecule has 3 atom stereocenters. The Morgan fingerprint density at radius 2 is 1.73 bits per heavy atom. The number of likely N-dealkylation sites (tertiary alicyclic amines) is 1. The van der Waals surface area contributed by atoms with Crippen molar-refractivity contribution < 1.29 is 9.90 Å². The Kier molecular flexibility index (Phi) is 4.76. The summed E-state index contributed by atoms with van der Waals surface area (Å²) in [6.07, 6.45) is 4.65. The van der Waals surface area contributed by atoms with Crippen molar-refractivity contribution in [3.8, 4) is 0 Å². The molecule has 4 rings (SSSR count). The molecule has 1 aliphatic heterocycles. The van der Waals surface area contributed by atoms with Crippen molar-refractivity contribution in [2.24, 2.45) is 5.92 Å². The first-order valence-electron chi connectivity index (χ1n) is 9.44. The van der Waals surface area contributed by atoms with Crippen LogP contribution in [-0.2, 0) is 5.60 Å². The zero-order chi connectivity index (χ0) is 18.1. The van der Waals surface area contributed by atoms with Gasteiger partial charge in [-0.3, -0.25) is 4.79 Å². The van der Waals surface area contributed by atoms with Gasteiger partial charge in [-0.05, 0) is 37.0 Å². The SMILES string of the molecule is O=C(c1ccccc1Cl)N1CCC(O)(c2ccccc2)[C@@H]2CCCC[C@H]21. The van der Waals surface area contributed by atoms with Crippen molar-refractivity contribution in [2.45, 2.75) is 43.7 Å². The van der Waals surface area contributed by atoms with Gasteiger partial charge in [0, 0.05) is 18.5 Å². The highest BCUT2D eigenvalue weighted by molar-refractivity contribution is 6.33. The highest BCUT2D eigenvalue weighted by Gasteiger charge is 2.50. The van der Waals surface area contributed by atoms with Crippen LogP contribution < -0.4 is 0 Å². The van der Waals surface area contributed by atoms with E-state index in [1.807, 2.05) is 47.4 Å². The molecule has 0 radical (unpaired) electrons. The maximum absolute atomic E-state index is 13.2. The zero-order valence-electron chi connectivity index (χ0n) is 14.8. The molecule has 26 heavy (non-hydrogen) atoms. The Labute approximate surface area is 159 Å². The summed E-state index contributed by atoms with van der Waals surface area (Å²) in [4.78, 5) is 15.1. The second-order valence-electron chi connectivity index (χ2n) is 7.48. The van der Waals surface area contributed by atoms with Crippen LogP contribution in [-0.4, -0.2) is 28.5 Å². The van der Waals surface area contributed by atoms with Gasteiger partial charge in [0.25, 0.3) is 5.91 Å². The maximum atomic E-state index is 13.2. The minimum absolute atomic E-state index is 0.0115. The van der Waals surface area contributed by atoms with Crippen LogP contribution in [0.4, 0.5) is 0 Å². The standard InChI is InChI=1S/C22H24ClNO2/c23-19-12-6-4-10-17(19)21(25)24-15-14-22(26,16-8-2-1-3-9-16)18-11-5-7-13-20(18)24/h1-4,6,8-10,12,18,20,26H,5,7,11,13-15H2/t18-,20-,22?/m1/s1. The molecule has 2 aliphatic rings. The van der Waals surface area contributed by atoms with Crippen LogP contribution in [0.1, 0.15) is 48.0 Å². The molecule has 1 amide bonds. The summed E-state index contributed by atoms with van der Waals surface area (Å²) in [6, 6.07) is 17.3. The molecule has 1 N–H and O–H groups in total. The molecule has 0 spiro atoms. The maximum Gasteiger partial charge on any atom is 0.255 e. The number of halogens is 1. The fourth-order valence-corrected chi connectivity index (χ4v) is 5.03. The second kappa shape index (κ2) is 7.05. The number of piperidine rings is 1. The molecular formula is C22H24ClNO2. The first-order chi connectivity index (χ1) is 12.6. The minimum Gasteiger partial charge on any atom is -0.385 e. The van der Waals surface area contributed by atoms with E-state index in [0.29, 0.717) is 23.6 Å². The summed E-state index contributed by atoms with van der Waals surface area (Å²) >= 11 is 6.27. The minimum atomic E-state index is -0.858. The molecule has 2 aromatic rings. The molecule has 1 unspecified atom stereocenters. The number of rotatable bonds is 2. The lowest BCUT2D eigenvalue weighted by molar-refractivity contribution is -0.110. The van der Waals surface area contributed by atoms with E-state index < -0.39 is 5.60 Å². The summed E-state index contributed by atoms with van der Waals surface area (Å²) in [6.45, 7) is 0.552. The van der Waals surface area contributed by atoms with Gasteiger partial charge in [0.1, 0.15) is 0 Å². The molecule has 0 aromatic heterocycles. The van der Waals surface area contributed by atoms with E-state index in [-0.39, 0.29) is 17.9 Å². The molecule has 2 aromatic carbocycles. The number of amides is 1. The summed E-state index contributed by atoms with van der Waals surface area (Å²) in [5.74, 6) is 0.0569. The molecule has 2 fully saturated rings. The van der Waals surface area contributed by atoms with Crippen molar-refractivity contribution in [3.63, 3.8) is 0 Å². The Hall–Kier alpha value is -1.84. The predicted octanol–water partition coefficient (Wildman–Crippen LogP) is 4.63. The quantitative estimate of drug-likeness (QED) is 0.838. The lowest BCUT2D eigenvalue weighted by Gasteiger charge is -2.52. The number of carbonyl (C=O) groups excluding carboxylic acids is 1. The summed E-state index contributed by atoms with van der Waals surface area (Å²) in [5.41, 5.74) is 0.675. The fourth-order valence-electron chi connectivity index (χ4n) is 4.81. The number of benzene rings is 2. The molecule has 0 bridgehead atoms. The van der Waals surface area contributed by atoms with Crippen molar-refractivity contribution in [1.82, 2.24) is 4.90 Å². The van der Waals surface area contributed by atoms with E-state index in [2.05, 4.69) is 0 Å². The normalized spacial score (nSPS) is 28.5. The molecule has 4 heteroatoms. The van der Waals surface area contributed by atoms with Crippen molar-refractivity contribution in [1.29, 1.82) is 0 Å². The van der Waals surface area contributed by atoms with Gasteiger partial charge in [-0.2, -0.15) is 0 Å². The van der Waals surface area contributed by atoms with E-state index in [1.54, 1.807) is 12.1 Å². The largest absolute Gasteiger partial charge is 0.385 e. The molecule has 3 nitrogen and oxygen atoms in total. The van der Waals surface area contributed by atoms with Gasteiger partial charge >= 0.3 is 0 Å². The number of hydrogen-bond acceptors (Lipinski definition) is 2. The van der Waals surface area contributed by atoms with Gasteiger partial charge in [-0.15, -0.1) is 0 Å². The Morgan fingerprint density at radius 1 is 1.04 bits per heavy atom. The third-order valence-electron chi connectivity index (χ3n) is 6.12. The van der Waals surface area contributed by atoms with Gasteiger partial charge in [0.2, 0.25) is 0 Å². The lowest BCUT2D eigenvalue weighted by Crippen LogP contribution is -2.59. The number of carbonyl (C=O) groups is 1. The topological polar surface area (TPSA) is 40.5 Å². The summed E-state index contributed by atoms with van der Waals surface area (Å²) in [5, 5.41) is 12.1. The first-order valence-corrected chi connectivity index (χ1v) is 9.82. The molecule has 1 heterocycles. The average molecular weight is 370 g/mol. The van der Waals surface area contributed by atoms with Gasteiger partial charge in [-0.1, -0.05) is 66.9 Å². The summed E-state index contributed by atoms with van der Waals surface area (Å²) in [7, 11) is 0. The molecule has 136 valence electrons. The Balaban J connectivity index is 1.67. The van der Waals surface area contributed by atoms with Gasteiger partial charge in [0.05, 0.1) is 16.2 Å². The highest BCUT2D eigenvalue weighted by atomic mass is 35.5. The van der Waals surface area contributed by atoms with Crippen LogP contribution >= 0.6 is 11.6 Å². The van der Waals surface area contributed by atoms with E-state index in [0.717, 1.165) is 31.2 Å². The molecule has 1 saturated carbocycles. The predicted molar refractivity (Wildman–Crippen MR) is 103 cm³/mol. The lowest BCUT2D eigenvalue weighted by atomic mass is 9.66. The second-order valence-corrected chi connectivity index (χ2v) is 7.88. The third kappa shape index (κ3) is 2.93. The number of hydrogen-bond donors (Lipinski definition) is 1. The van der Waals surface area contributed by atoms with Crippen LogP contribution in [0.2, 0.25) is 5.02 Å². The van der Waals surface area contributed by atoms with Crippen LogP contribution in [0.3, 0.4) is 0 Å². The highest BCUT2D eigenvalue weighted by Crippen LogP contribution is 2.47. The third-order valence-corrected chi connectivity index (χ3v) is 6.45. The monoisotopic (exact) mass is 369 g/mol. The zero-order valence-corrected chi connectivity index (χ0v) is 15.5. The molecular weight excluding hydrogens is 346 g/mol. The van der Waals surface area contributed by atoms with Crippen molar-refractivity contribution in [3.05, 3.63) is 70.7 Å². The van der Waals surface area contributed by atoms with Crippen LogP contribution in [0.5, 0.6) is 0 Å². The Bertz CT molecular complexity index is 794. The number of nitrogens with zero attached hydrogens (tertiary/aromatic N) is 1. The van der Waals surface area contributed by atoms with Crippen molar-refractivity contribution in [2.75, 3.05) is 6.54 Å². The van der Waals surface area contributed by atoms with Crippen molar-refractivity contribution >= 4 is 17.5 Å². The first kappa shape index (κ1) is 17.6. The van der Waals surface area contributed by atoms with E-state index in [9.17, 15) is 9.90 Å². The van der Waals surface area contributed by atoms with E-state index >= 15 is 0 Å². The number of aliphatic hydroxyl groups is 1. The van der Waals surface area contributed by atoms with Crippen LogP contribution in [0, 0.1) is 5.92 Å². The van der Waals surface area contributed by atoms with Crippen LogP contribution in [0.15, 0.2) is 54.6 Å². The number of fused-ring (bicyclic) bond motifs is 1. The van der Waals surface area contributed by atoms with E-state index in [1.165, 1.54) is 0 Å².